The lowest BCUT2D eigenvalue weighted by atomic mass is 10.0. The Bertz CT molecular complexity index is 936. The van der Waals surface area contributed by atoms with Crippen LogP contribution >= 0.6 is 0 Å². The van der Waals surface area contributed by atoms with Crippen LogP contribution in [-0.4, -0.2) is 33.3 Å². The minimum absolute atomic E-state index is 0.334. The first-order valence-electron chi connectivity index (χ1n) is 9.19. The fourth-order valence-electron chi connectivity index (χ4n) is 2.75. The number of rotatable bonds is 8. The fraction of sp³-hybridized carbons (Fsp3) is 0.333. The van der Waals surface area contributed by atoms with Gasteiger partial charge in [-0.1, -0.05) is 63.2 Å². The van der Waals surface area contributed by atoms with Gasteiger partial charge in [0.2, 0.25) is 10.0 Å². The molecule has 0 aliphatic heterocycles. The van der Waals surface area contributed by atoms with Crippen LogP contribution in [0.1, 0.15) is 43.4 Å². The third kappa shape index (κ3) is 5.92. The maximum Gasteiger partial charge on any atom is 0.260 e. The molecule has 0 atom stereocenters. The number of carbonyl (C=O) groups is 1. The Morgan fingerprint density at radius 1 is 1.14 bits per heavy atom. The third-order valence-electron chi connectivity index (χ3n) is 4.33. The zero-order valence-corrected chi connectivity index (χ0v) is 17.5. The molecule has 0 aliphatic rings. The van der Waals surface area contributed by atoms with E-state index in [1.165, 1.54) is 11.8 Å². The van der Waals surface area contributed by atoms with Crippen LogP contribution in [-0.2, 0) is 21.2 Å². The van der Waals surface area contributed by atoms with E-state index in [0.29, 0.717) is 18.0 Å². The molecule has 2 aromatic carbocycles. The van der Waals surface area contributed by atoms with Crippen molar-refractivity contribution in [2.45, 2.75) is 33.1 Å². The molecule has 7 heteroatoms. The molecule has 0 unspecified atom stereocenters. The largest absolute Gasteiger partial charge is 0.271 e. The van der Waals surface area contributed by atoms with Crippen LogP contribution in [0.25, 0.3) is 0 Å². The van der Waals surface area contributed by atoms with Crippen LogP contribution in [0.2, 0.25) is 0 Å². The zero-order valence-electron chi connectivity index (χ0n) is 16.7. The SMILES string of the molecule is CCc1ccccc1N(CC(=O)N/N=C\c1ccc(C(C)C)cc1)S(C)(=O)=O. The van der Waals surface area contributed by atoms with Gasteiger partial charge in [-0.25, -0.2) is 13.8 Å². The lowest BCUT2D eigenvalue weighted by molar-refractivity contribution is -0.119. The number of benzene rings is 2. The average Bonchev–Trinajstić information content (AvgIpc) is 2.65. The quantitative estimate of drug-likeness (QED) is 0.544. The van der Waals surface area contributed by atoms with Crippen molar-refractivity contribution in [3.63, 3.8) is 0 Å². The van der Waals surface area contributed by atoms with Crippen molar-refractivity contribution >= 4 is 27.8 Å². The van der Waals surface area contributed by atoms with Crippen molar-refractivity contribution < 1.29 is 13.2 Å². The van der Waals surface area contributed by atoms with Gasteiger partial charge in [-0.2, -0.15) is 5.10 Å². The van der Waals surface area contributed by atoms with E-state index in [1.807, 2.05) is 43.3 Å². The van der Waals surface area contributed by atoms with Gasteiger partial charge < -0.3 is 0 Å². The Morgan fingerprint density at radius 3 is 2.36 bits per heavy atom. The lowest BCUT2D eigenvalue weighted by Gasteiger charge is -2.23. The van der Waals surface area contributed by atoms with Gasteiger partial charge in [0.05, 0.1) is 18.2 Å². The van der Waals surface area contributed by atoms with Crippen molar-refractivity contribution in [2.24, 2.45) is 5.10 Å². The second-order valence-corrected chi connectivity index (χ2v) is 8.77. The molecule has 150 valence electrons. The summed E-state index contributed by atoms with van der Waals surface area (Å²) in [6.07, 6.45) is 3.29. The van der Waals surface area contributed by atoms with Crippen LogP contribution in [0.4, 0.5) is 5.69 Å². The number of anilines is 1. The van der Waals surface area contributed by atoms with E-state index in [4.69, 9.17) is 0 Å². The highest BCUT2D eigenvalue weighted by molar-refractivity contribution is 7.92. The van der Waals surface area contributed by atoms with E-state index in [-0.39, 0.29) is 6.54 Å². The van der Waals surface area contributed by atoms with Crippen LogP contribution in [0.3, 0.4) is 0 Å². The van der Waals surface area contributed by atoms with Crippen molar-refractivity contribution in [3.05, 3.63) is 65.2 Å². The summed E-state index contributed by atoms with van der Waals surface area (Å²) in [5, 5.41) is 3.94. The van der Waals surface area contributed by atoms with Crippen LogP contribution < -0.4 is 9.73 Å². The third-order valence-corrected chi connectivity index (χ3v) is 5.46. The molecule has 0 saturated carbocycles. The van der Waals surface area contributed by atoms with Crippen LogP contribution in [0, 0.1) is 0 Å². The highest BCUT2D eigenvalue weighted by Gasteiger charge is 2.22. The number of aryl methyl sites for hydroxylation is 1. The standard InChI is InChI=1S/C21H27N3O3S/c1-5-18-8-6-7-9-20(18)24(28(4,26)27)15-21(25)23-22-14-17-10-12-19(13-11-17)16(2)3/h6-14,16H,5,15H2,1-4H3,(H,23,25)/b22-14-. The summed E-state index contributed by atoms with van der Waals surface area (Å²) in [4.78, 5) is 12.3. The van der Waals surface area contributed by atoms with Gasteiger partial charge in [0.1, 0.15) is 6.54 Å². The second kappa shape index (κ2) is 9.50. The maximum absolute atomic E-state index is 12.3. The molecule has 0 radical (unpaired) electrons. The Hall–Kier alpha value is -2.67. The maximum atomic E-state index is 12.3. The molecule has 0 heterocycles. The first kappa shape index (κ1) is 21.6. The molecule has 6 nitrogen and oxygen atoms in total. The summed E-state index contributed by atoms with van der Waals surface area (Å²) >= 11 is 0. The summed E-state index contributed by atoms with van der Waals surface area (Å²) in [5.74, 6) is -0.0648. The number of para-hydroxylation sites is 1. The van der Waals surface area contributed by atoms with Gasteiger partial charge in [-0.15, -0.1) is 0 Å². The zero-order chi connectivity index (χ0) is 20.7. The highest BCUT2D eigenvalue weighted by Crippen LogP contribution is 2.23. The van der Waals surface area contributed by atoms with Crippen molar-refractivity contribution in [2.75, 3.05) is 17.1 Å². The number of sulfonamides is 1. The van der Waals surface area contributed by atoms with E-state index in [0.717, 1.165) is 21.7 Å². The van der Waals surface area contributed by atoms with Crippen molar-refractivity contribution in [1.29, 1.82) is 0 Å². The predicted octanol–water partition coefficient (Wildman–Crippen LogP) is 3.29. The number of carbonyl (C=O) groups excluding carboxylic acids is 1. The Labute approximate surface area is 167 Å². The van der Waals surface area contributed by atoms with Gasteiger partial charge >= 0.3 is 0 Å². The van der Waals surface area contributed by atoms with E-state index in [1.54, 1.807) is 12.1 Å². The van der Waals surface area contributed by atoms with Gasteiger partial charge in [-0.3, -0.25) is 9.10 Å². The Morgan fingerprint density at radius 2 is 1.79 bits per heavy atom. The number of nitrogens with one attached hydrogen (secondary N) is 1. The molecular weight excluding hydrogens is 374 g/mol. The summed E-state index contributed by atoms with van der Waals surface area (Å²) in [6.45, 7) is 5.84. The molecule has 1 amide bonds. The van der Waals surface area contributed by atoms with E-state index in [9.17, 15) is 13.2 Å². The molecule has 0 saturated heterocycles. The fourth-order valence-corrected chi connectivity index (χ4v) is 3.63. The average molecular weight is 402 g/mol. The van der Waals surface area contributed by atoms with E-state index < -0.39 is 15.9 Å². The summed E-state index contributed by atoms with van der Waals surface area (Å²) in [5.41, 5.74) is 5.84. The number of hydrazone groups is 1. The molecule has 0 aliphatic carbocycles. The lowest BCUT2D eigenvalue weighted by Crippen LogP contribution is -2.39. The van der Waals surface area contributed by atoms with Gasteiger partial charge in [0.15, 0.2) is 0 Å². The second-order valence-electron chi connectivity index (χ2n) is 6.87. The van der Waals surface area contributed by atoms with Crippen LogP contribution in [0.15, 0.2) is 53.6 Å². The van der Waals surface area contributed by atoms with E-state index >= 15 is 0 Å². The molecule has 0 aromatic heterocycles. The first-order chi connectivity index (χ1) is 13.2. The highest BCUT2D eigenvalue weighted by atomic mass is 32.2. The summed E-state index contributed by atoms with van der Waals surface area (Å²) in [7, 11) is -3.62. The molecule has 0 fully saturated rings. The molecule has 0 spiro atoms. The predicted molar refractivity (Wildman–Crippen MR) is 114 cm³/mol. The van der Waals surface area contributed by atoms with Crippen LogP contribution in [0.5, 0.6) is 0 Å². The number of hydrogen-bond donors (Lipinski definition) is 1. The van der Waals surface area contributed by atoms with Gasteiger partial charge in [-0.05, 0) is 35.1 Å². The number of hydrogen-bond acceptors (Lipinski definition) is 4. The topological polar surface area (TPSA) is 78.8 Å². The van der Waals surface area contributed by atoms with Gasteiger partial charge in [0.25, 0.3) is 5.91 Å². The minimum Gasteiger partial charge on any atom is -0.271 e. The molecule has 28 heavy (non-hydrogen) atoms. The monoisotopic (exact) mass is 401 g/mol. The first-order valence-corrected chi connectivity index (χ1v) is 11.0. The molecule has 2 rings (SSSR count). The summed E-state index contributed by atoms with van der Waals surface area (Å²) in [6, 6.07) is 15.0. The van der Waals surface area contributed by atoms with Gasteiger partial charge in [0, 0.05) is 0 Å². The molecule has 1 N–H and O–H groups in total. The number of nitrogens with zero attached hydrogens (tertiary/aromatic N) is 2. The molecule has 2 aromatic rings. The van der Waals surface area contributed by atoms with Crippen molar-refractivity contribution in [1.82, 2.24) is 5.43 Å². The normalized spacial score (nSPS) is 11.8. The molecular formula is C21H27N3O3S. The minimum atomic E-state index is -3.62. The molecule has 0 bridgehead atoms. The smallest absolute Gasteiger partial charge is 0.260 e. The Kier molecular flexibility index (Phi) is 7.34. The van der Waals surface area contributed by atoms with E-state index in [2.05, 4.69) is 24.4 Å². The van der Waals surface area contributed by atoms with Crippen molar-refractivity contribution in [3.8, 4) is 0 Å². The summed E-state index contributed by atoms with van der Waals surface area (Å²) < 4.78 is 25.6. The Balaban J connectivity index is 2.08. The number of amides is 1.